The number of rotatable bonds is 5. The van der Waals surface area contributed by atoms with Gasteiger partial charge in [0.2, 0.25) is 5.91 Å². The summed E-state index contributed by atoms with van der Waals surface area (Å²) in [5.74, 6) is 1.71. The Bertz CT molecular complexity index is 1310. The van der Waals surface area contributed by atoms with Crippen LogP contribution in [0.3, 0.4) is 0 Å². The fraction of sp³-hybridized carbons (Fsp3) is 0.400. The van der Waals surface area contributed by atoms with Crippen molar-refractivity contribution in [1.82, 2.24) is 29.5 Å². The molecule has 0 bridgehead atoms. The quantitative estimate of drug-likeness (QED) is 0.477. The van der Waals surface area contributed by atoms with Crippen molar-refractivity contribution in [2.45, 2.75) is 59.3 Å². The number of amides is 1. The number of benzene rings is 1. The van der Waals surface area contributed by atoms with Gasteiger partial charge in [0.05, 0.1) is 23.0 Å². The molecule has 0 saturated heterocycles. The standard InChI is InChI=1S/C25H29N7O/c1-16-9-10-21(17(2)11-16)31-24-20(14-28-31)25(27-15-26-24)32-22(12-18(3)30-32)29-23(33)13-19-7-5-4-6-8-19/h9-12,14-15,19H,4-8,13H2,1-3H3,(H,29,33). The molecule has 8 nitrogen and oxygen atoms in total. The van der Waals surface area contributed by atoms with Crippen LogP contribution in [0.4, 0.5) is 5.82 Å². The van der Waals surface area contributed by atoms with E-state index in [9.17, 15) is 4.79 Å². The Hall–Kier alpha value is -3.55. The maximum atomic E-state index is 12.8. The molecule has 1 N–H and O–H groups in total. The van der Waals surface area contributed by atoms with Crippen LogP contribution >= 0.6 is 0 Å². The zero-order valence-corrected chi connectivity index (χ0v) is 19.4. The lowest BCUT2D eigenvalue weighted by molar-refractivity contribution is -0.117. The lowest BCUT2D eigenvalue weighted by Crippen LogP contribution is -2.20. The number of nitrogens with zero attached hydrogens (tertiary/aromatic N) is 6. The predicted molar refractivity (Wildman–Crippen MR) is 128 cm³/mol. The third-order valence-corrected chi connectivity index (χ3v) is 6.42. The Kier molecular flexibility index (Phi) is 5.66. The number of hydrogen-bond donors (Lipinski definition) is 1. The highest BCUT2D eigenvalue weighted by Gasteiger charge is 2.21. The summed E-state index contributed by atoms with van der Waals surface area (Å²) in [6, 6.07) is 8.12. The van der Waals surface area contributed by atoms with Crippen LogP contribution in [0.2, 0.25) is 0 Å². The zero-order valence-electron chi connectivity index (χ0n) is 19.4. The van der Waals surface area contributed by atoms with Crippen LogP contribution in [0, 0.1) is 26.7 Å². The van der Waals surface area contributed by atoms with Gasteiger partial charge in [-0.1, -0.05) is 37.0 Å². The monoisotopic (exact) mass is 443 g/mol. The smallest absolute Gasteiger partial charge is 0.225 e. The number of fused-ring (bicyclic) bond motifs is 1. The maximum Gasteiger partial charge on any atom is 0.225 e. The second-order valence-electron chi connectivity index (χ2n) is 9.12. The van der Waals surface area contributed by atoms with Gasteiger partial charge in [0.15, 0.2) is 11.5 Å². The van der Waals surface area contributed by atoms with Gasteiger partial charge in [-0.05, 0) is 51.2 Å². The van der Waals surface area contributed by atoms with E-state index in [1.165, 1.54) is 31.2 Å². The fourth-order valence-electron chi connectivity index (χ4n) is 4.82. The molecule has 5 rings (SSSR count). The average molecular weight is 444 g/mol. The van der Waals surface area contributed by atoms with E-state index in [0.29, 0.717) is 29.6 Å². The lowest BCUT2D eigenvalue weighted by Gasteiger charge is -2.20. The van der Waals surface area contributed by atoms with Gasteiger partial charge in [-0.2, -0.15) is 14.9 Å². The van der Waals surface area contributed by atoms with Crippen molar-refractivity contribution in [2.75, 3.05) is 5.32 Å². The van der Waals surface area contributed by atoms with E-state index in [0.717, 1.165) is 35.2 Å². The minimum absolute atomic E-state index is 0.0272. The van der Waals surface area contributed by atoms with E-state index in [2.05, 4.69) is 51.5 Å². The normalized spacial score (nSPS) is 14.6. The SMILES string of the molecule is Cc1ccc(-n2ncc3c(-n4nc(C)cc4NC(=O)CC4CCCCC4)ncnc32)c(C)c1. The molecule has 4 aromatic rings. The Morgan fingerprint density at radius 2 is 1.88 bits per heavy atom. The minimum Gasteiger partial charge on any atom is -0.311 e. The summed E-state index contributed by atoms with van der Waals surface area (Å²) >= 11 is 0. The topological polar surface area (TPSA) is 90.5 Å². The lowest BCUT2D eigenvalue weighted by atomic mass is 9.87. The number of anilines is 1. The van der Waals surface area contributed by atoms with Crippen molar-refractivity contribution in [3.05, 3.63) is 53.6 Å². The van der Waals surface area contributed by atoms with Gasteiger partial charge < -0.3 is 5.32 Å². The van der Waals surface area contributed by atoms with Crippen molar-refractivity contribution < 1.29 is 4.79 Å². The number of aryl methyl sites for hydroxylation is 3. The third kappa shape index (κ3) is 4.25. The molecule has 1 amide bonds. The first kappa shape index (κ1) is 21.3. The van der Waals surface area contributed by atoms with E-state index < -0.39 is 0 Å². The number of aromatic nitrogens is 6. The van der Waals surface area contributed by atoms with E-state index in [4.69, 9.17) is 0 Å². The van der Waals surface area contributed by atoms with Crippen LogP contribution in [0.1, 0.15) is 55.3 Å². The summed E-state index contributed by atoms with van der Waals surface area (Å²) in [6.07, 6.45) is 9.82. The molecule has 33 heavy (non-hydrogen) atoms. The van der Waals surface area contributed by atoms with Gasteiger partial charge in [0, 0.05) is 12.5 Å². The highest BCUT2D eigenvalue weighted by molar-refractivity contribution is 5.91. The van der Waals surface area contributed by atoms with Crippen LogP contribution in [-0.4, -0.2) is 35.4 Å². The summed E-state index contributed by atoms with van der Waals surface area (Å²) in [5, 5.41) is 13.1. The van der Waals surface area contributed by atoms with Crippen molar-refractivity contribution in [3.63, 3.8) is 0 Å². The van der Waals surface area contributed by atoms with E-state index in [-0.39, 0.29) is 5.91 Å². The number of carbonyl (C=O) groups is 1. The molecule has 1 aliphatic carbocycles. The van der Waals surface area contributed by atoms with Gasteiger partial charge in [-0.3, -0.25) is 4.79 Å². The molecule has 1 fully saturated rings. The largest absolute Gasteiger partial charge is 0.311 e. The summed E-state index contributed by atoms with van der Waals surface area (Å²) < 4.78 is 3.51. The molecule has 170 valence electrons. The van der Waals surface area contributed by atoms with Crippen LogP contribution in [0.25, 0.3) is 22.5 Å². The Morgan fingerprint density at radius 1 is 1.06 bits per heavy atom. The number of carbonyl (C=O) groups excluding carboxylic acids is 1. The van der Waals surface area contributed by atoms with Crippen molar-refractivity contribution in [3.8, 4) is 11.5 Å². The molecular weight excluding hydrogens is 414 g/mol. The van der Waals surface area contributed by atoms with Crippen molar-refractivity contribution >= 4 is 22.8 Å². The van der Waals surface area contributed by atoms with Crippen molar-refractivity contribution in [1.29, 1.82) is 0 Å². The van der Waals surface area contributed by atoms with E-state index >= 15 is 0 Å². The first-order chi connectivity index (χ1) is 16.0. The Morgan fingerprint density at radius 3 is 2.67 bits per heavy atom. The molecular formula is C25H29N7O. The second kappa shape index (κ2) is 8.77. The molecule has 1 aliphatic rings. The molecule has 1 saturated carbocycles. The van der Waals surface area contributed by atoms with Crippen LogP contribution in [-0.2, 0) is 4.79 Å². The van der Waals surface area contributed by atoms with Gasteiger partial charge in [-0.15, -0.1) is 0 Å². The molecule has 3 aromatic heterocycles. The van der Waals surface area contributed by atoms with Gasteiger partial charge in [0.1, 0.15) is 12.1 Å². The van der Waals surface area contributed by atoms with Gasteiger partial charge in [0.25, 0.3) is 0 Å². The molecule has 0 radical (unpaired) electrons. The van der Waals surface area contributed by atoms with Crippen LogP contribution < -0.4 is 5.32 Å². The van der Waals surface area contributed by atoms with E-state index in [1.807, 2.05) is 23.7 Å². The third-order valence-electron chi connectivity index (χ3n) is 6.42. The maximum absolute atomic E-state index is 12.8. The van der Waals surface area contributed by atoms with Gasteiger partial charge in [-0.25, -0.2) is 14.6 Å². The van der Waals surface area contributed by atoms with Crippen LogP contribution in [0.5, 0.6) is 0 Å². The number of hydrogen-bond acceptors (Lipinski definition) is 5. The van der Waals surface area contributed by atoms with Gasteiger partial charge >= 0.3 is 0 Å². The molecule has 0 aliphatic heterocycles. The number of nitrogens with one attached hydrogen (secondary N) is 1. The summed E-state index contributed by atoms with van der Waals surface area (Å²) in [5.41, 5.74) is 4.78. The molecule has 3 heterocycles. The summed E-state index contributed by atoms with van der Waals surface area (Å²) in [6.45, 7) is 6.04. The highest BCUT2D eigenvalue weighted by Crippen LogP contribution is 2.28. The Labute approximate surface area is 193 Å². The summed E-state index contributed by atoms with van der Waals surface area (Å²) in [4.78, 5) is 21.8. The highest BCUT2D eigenvalue weighted by atomic mass is 16.1. The molecule has 1 aromatic carbocycles. The summed E-state index contributed by atoms with van der Waals surface area (Å²) in [7, 11) is 0. The minimum atomic E-state index is 0.0272. The first-order valence-corrected chi connectivity index (χ1v) is 11.6. The molecule has 0 spiro atoms. The predicted octanol–water partition coefficient (Wildman–Crippen LogP) is 4.84. The molecule has 8 heteroatoms. The fourth-order valence-corrected chi connectivity index (χ4v) is 4.82. The molecule has 0 unspecified atom stereocenters. The molecule has 0 atom stereocenters. The first-order valence-electron chi connectivity index (χ1n) is 11.6. The second-order valence-corrected chi connectivity index (χ2v) is 9.12. The Balaban J connectivity index is 1.49. The van der Waals surface area contributed by atoms with Crippen molar-refractivity contribution in [2.24, 2.45) is 5.92 Å². The van der Waals surface area contributed by atoms with Crippen LogP contribution in [0.15, 0.2) is 36.8 Å². The average Bonchev–Trinajstić information content (AvgIpc) is 3.37. The van der Waals surface area contributed by atoms with E-state index in [1.54, 1.807) is 10.9 Å². The zero-order chi connectivity index (χ0) is 22.9.